The molecule has 0 aliphatic heterocycles. The second kappa shape index (κ2) is 5.54. The Morgan fingerprint density at radius 2 is 2.12 bits per heavy atom. The maximum absolute atomic E-state index is 10.8. The molecule has 1 aliphatic rings. The van der Waals surface area contributed by atoms with E-state index in [0.717, 1.165) is 6.54 Å². The monoisotopic (exact) mass is 246 g/mol. The molecule has 0 saturated heterocycles. The summed E-state index contributed by atoms with van der Waals surface area (Å²) in [6.45, 7) is 2.40. The Hall–Kier alpha value is -0.750. The van der Waals surface area contributed by atoms with Gasteiger partial charge in [0.1, 0.15) is 6.04 Å². The van der Waals surface area contributed by atoms with Crippen LogP contribution in [-0.2, 0) is 9.59 Å². The predicted molar refractivity (Wildman–Crippen MR) is 63.6 cm³/mol. The number of amides is 1. The van der Waals surface area contributed by atoms with Crippen molar-refractivity contribution in [3.05, 3.63) is 0 Å². The van der Waals surface area contributed by atoms with Gasteiger partial charge in [-0.15, -0.1) is 0 Å². The first-order chi connectivity index (χ1) is 7.49. The number of hydrogen-bond acceptors (Lipinski definition) is 4. The molecule has 16 heavy (non-hydrogen) atoms. The van der Waals surface area contributed by atoms with Gasteiger partial charge in [-0.1, -0.05) is 0 Å². The molecule has 0 aromatic carbocycles. The zero-order valence-corrected chi connectivity index (χ0v) is 10.4. The van der Waals surface area contributed by atoms with Gasteiger partial charge in [0.25, 0.3) is 0 Å². The lowest BCUT2D eigenvalue weighted by molar-refractivity contribution is -0.141. The van der Waals surface area contributed by atoms with Crippen molar-refractivity contribution in [3.8, 4) is 0 Å². The molecule has 1 saturated carbocycles. The summed E-state index contributed by atoms with van der Waals surface area (Å²) in [5, 5.41) is 14.4. The van der Waals surface area contributed by atoms with E-state index in [0.29, 0.717) is 4.75 Å². The smallest absolute Gasteiger partial charge is 0.327 e. The van der Waals surface area contributed by atoms with Gasteiger partial charge in [-0.2, -0.15) is 11.8 Å². The van der Waals surface area contributed by atoms with Crippen LogP contribution in [0.5, 0.6) is 0 Å². The van der Waals surface area contributed by atoms with Crippen LogP contribution in [0.3, 0.4) is 0 Å². The number of aliphatic carboxylic acids is 1. The number of carboxylic acid groups (broad SMARTS) is 1. The van der Waals surface area contributed by atoms with E-state index in [1.165, 1.54) is 19.8 Å². The van der Waals surface area contributed by atoms with E-state index in [1.54, 1.807) is 0 Å². The lowest BCUT2D eigenvalue weighted by atomic mass is 10.3. The third kappa shape index (κ3) is 4.02. The van der Waals surface area contributed by atoms with Gasteiger partial charge in [0, 0.05) is 24.8 Å². The van der Waals surface area contributed by atoms with E-state index in [9.17, 15) is 9.59 Å². The first-order valence-corrected chi connectivity index (χ1v) is 6.47. The number of hydrogen-bond donors (Lipinski definition) is 3. The zero-order valence-electron chi connectivity index (χ0n) is 9.58. The van der Waals surface area contributed by atoms with E-state index in [-0.39, 0.29) is 12.5 Å². The van der Waals surface area contributed by atoms with Crippen LogP contribution in [-0.4, -0.2) is 47.1 Å². The molecule has 5 nitrogen and oxygen atoms in total. The fourth-order valence-corrected chi connectivity index (χ4v) is 2.24. The van der Waals surface area contributed by atoms with Crippen molar-refractivity contribution in [1.29, 1.82) is 0 Å². The Labute approximate surface area is 99.4 Å². The van der Waals surface area contributed by atoms with Crippen molar-refractivity contribution < 1.29 is 14.7 Å². The molecule has 6 heteroatoms. The number of thioether (sulfide) groups is 1. The Morgan fingerprint density at radius 1 is 1.50 bits per heavy atom. The molecule has 0 radical (unpaired) electrons. The van der Waals surface area contributed by atoms with E-state index in [4.69, 9.17) is 5.11 Å². The van der Waals surface area contributed by atoms with Gasteiger partial charge in [0.15, 0.2) is 0 Å². The number of carboxylic acids is 1. The van der Waals surface area contributed by atoms with Gasteiger partial charge < -0.3 is 15.7 Å². The molecule has 1 rings (SSSR count). The highest BCUT2D eigenvalue weighted by Gasteiger charge is 2.41. The van der Waals surface area contributed by atoms with Crippen molar-refractivity contribution in [1.82, 2.24) is 10.6 Å². The van der Waals surface area contributed by atoms with Gasteiger partial charge >= 0.3 is 5.97 Å². The molecule has 1 unspecified atom stereocenters. The molecule has 0 aromatic rings. The van der Waals surface area contributed by atoms with Gasteiger partial charge in [-0.25, -0.2) is 4.79 Å². The van der Waals surface area contributed by atoms with E-state index >= 15 is 0 Å². The molecule has 92 valence electrons. The molecule has 1 amide bonds. The number of carbonyl (C=O) groups excluding carboxylic acids is 1. The first kappa shape index (κ1) is 13.3. The number of rotatable bonds is 7. The predicted octanol–water partition coefficient (Wildman–Crippen LogP) is 0.0609. The summed E-state index contributed by atoms with van der Waals surface area (Å²) < 4.78 is 0.305. The second-order valence-corrected chi connectivity index (χ2v) is 5.38. The average molecular weight is 246 g/mol. The van der Waals surface area contributed by atoms with Crippen molar-refractivity contribution in [3.63, 3.8) is 0 Å². The lowest BCUT2D eigenvalue weighted by Gasteiger charge is -2.17. The van der Waals surface area contributed by atoms with Crippen molar-refractivity contribution in [2.24, 2.45) is 0 Å². The summed E-state index contributed by atoms with van der Waals surface area (Å²) in [7, 11) is 0. The SMILES string of the molecule is CSC1(CNCC(NC(C)=O)C(=O)O)CC1. The largest absolute Gasteiger partial charge is 0.480 e. The van der Waals surface area contributed by atoms with Crippen LogP contribution in [0.25, 0.3) is 0 Å². The topological polar surface area (TPSA) is 78.4 Å². The van der Waals surface area contributed by atoms with E-state index in [2.05, 4.69) is 16.9 Å². The normalized spacial score (nSPS) is 18.9. The van der Waals surface area contributed by atoms with Crippen LogP contribution in [0.2, 0.25) is 0 Å². The van der Waals surface area contributed by atoms with Crippen LogP contribution in [0.1, 0.15) is 19.8 Å². The summed E-state index contributed by atoms with van der Waals surface area (Å²) in [6.07, 6.45) is 4.43. The van der Waals surface area contributed by atoms with E-state index in [1.807, 2.05) is 11.8 Å². The van der Waals surface area contributed by atoms with Crippen LogP contribution >= 0.6 is 11.8 Å². The van der Waals surface area contributed by atoms with Crippen molar-refractivity contribution >= 4 is 23.6 Å². The summed E-state index contributed by atoms with van der Waals surface area (Å²) in [5.74, 6) is -1.32. The second-order valence-electron chi connectivity index (χ2n) is 4.11. The molecule has 0 heterocycles. The number of carbonyl (C=O) groups is 2. The van der Waals surface area contributed by atoms with Gasteiger partial charge in [0.05, 0.1) is 0 Å². The fourth-order valence-electron chi connectivity index (χ4n) is 1.48. The standard InChI is InChI=1S/C10H18N2O3S/c1-7(13)12-8(9(14)15)5-11-6-10(16-2)3-4-10/h8,11H,3-6H2,1-2H3,(H,12,13)(H,14,15). The van der Waals surface area contributed by atoms with Crippen LogP contribution in [0, 0.1) is 0 Å². The minimum absolute atomic E-state index is 0.275. The highest BCUT2D eigenvalue weighted by atomic mass is 32.2. The minimum Gasteiger partial charge on any atom is -0.480 e. The Balaban J connectivity index is 2.27. The number of nitrogens with one attached hydrogen (secondary N) is 2. The Bertz CT molecular complexity index is 279. The third-order valence-electron chi connectivity index (χ3n) is 2.71. The van der Waals surface area contributed by atoms with Gasteiger partial charge in [-0.3, -0.25) is 4.79 Å². The van der Waals surface area contributed by atoms with E-state index < -0.39 is 12.0 Å². The maximum atomic E-state index is 10.8. The molecule has 0 bridgehead atoms. The van der Waals surface area contributed by atoms with Gasteiger partial charge in [0.2, 0.25) is 5.91 Å². The molecule has 1 atom stereocenters. The summed E-state index contributed by atoms with van der Waals surface area (Å²) >= 11 is 1.81. The first-order valence-electron chi connectivity index (χ1n) is 5.25. The van der Waals surface area contributed by atoms with Crippen LogP contribution < -0.4 is 10.6 Å². The molecule has 0 aromatic heterocycles. The average Bonchev–Trinajstić information content (AvgIpc) is 2.96. The highest BCUT2D eigenvalue weighted by Crippen LogP contribution is 2.46. The molecule has 0 spiro atoms. The Kier molecular flexibility index (Phi) is 4.61. The van der Waals surface area contributed by atoms with Crippen LogP contribution in [0.15, 0.2) is 0 Å². The molecule has 1 fully saturated rings. The summed E-state index contributed by atoms with van der Waals surface area (Å²) in [4.78, 5) is 21.6. The van der Waals surface area contributed by atoms with Crippen molar-refractivity contribution in [2.75, 3.05) is 19.3 Å². The summed E-state index contributed by atoms with van der Waals surface area (Å²) in [6, 6.07) is -0.838. The maximum Gasteiger partial charge on any atom is 0.327 e. The lowest BCUT2D eigenvalue weighted by Crippen LogP contribution is -2.47. The van der Waals surface area contributed by atoms with Gasteiger partial charge in [-0.05, 0) is 19.1 Å². The zero-order chi connectivity index (χ0) is 12.2. The quantitative estimate of drug-likeness (QED) is 0.592. The molecular weight excluding hydrogens is 228 g/mol. The Morgan fingerprint density at radius 3 is 2.50 bits per heavy atom. The molecule has 3 N–H and O–H groups in total. The highest BCUT2D eigenvalue weighted by molar-refractivity contribution is 8.00. The third-order valence-corrected chi connectivity index (χ3v) is 4.13. The fraction of sp³-hybridized carbons (Fsp3) is 0.800. The summed E-state index contributed by atoms with van der Waals surface area (Å²) in [5.41, 5.74) is 0. The molecular formula is C10H18N2O3S. The van der Waals surface area contributed by atoms with Crippen molar-refractivity contribution in [2.45, 2.75) is 30.6 Å². The van der Waals surface area contributed by atoms with Crippen LogP contribution in [0.4, 0.5) is 0 Å². The minimum atomic E-state index is -1.00. The molecule has 1 aliphatic carbocycles.